The zero-order valence-corrected chi connectivity index (χ0v) is 11.5. The van der Waals surface area contributed by atoms with Crippen LogP contribution >= 0.6 is 0 Å². The highest BCUT2D eigenvalue weighted by Crippen LogP contribution is 2.42. The molecule has 2 atom stereocenters. The molecule has 1 aromatic carbocycles. The van der Waals surface area contributed by atoms with Gasteiger partial charge in [0.15, 0.2) is 0 Å². The number of aromatic nitrogens is 1. The number of nitrogens with zero attached hydrogens (tertiary/aromatic N) is 1. The van der Waals surface area contributed by atoms with Crippen molar-refractivity contribution in [1.82, 2.24) is 4.98 Å². The van der Waals surface area contributed by atoms with E-state index in [0.29, 0.717) is 12.2 Å². The van der Waals surface area contributed by atoms with Crippen molar-refractivity contribution < 1.29 is 14.6 Å². The molecule has 104 valence electrons. The van der Waals surface area contributed by atoms with Crippen LogP contribution in [0.1, 0.15) is 35.4 Å². The van der Waals surface area contributed by atoms with E-state index in [4.69, 9.17) is 9.47 Å². The molecule has 2 aromatic rings. The van der Waals surface area contributed by atoms with Crippen molar-refractivity contribution in [2.24, 2.45) is 0 Å². The smallest absolute Gasteiger partial charge is 0.129 e. The number of pyridine rings is 1. The van der Waals surface area contributed by atoms with Gasteiger partial charge in [-0.15, -0.1) is 0 Å². The van der Waals surface area contributed by atoms with Crippen molar-refractivity contribution in [1.29, 1.82) is 0 Å². The van der Waals surface area contributed by atoms with Crippen LogP contribution in [0, 0.1) is 6.92 Å². The number of rotatable bonds is 2. The quantitative estimate of drug-likeness (QED) is 0.912. The summed E-state index contributed by atoms with van der Waals surface area (Å²) in [7, 11) is 1.61. The van der Waals surface area contributed by atoms with Gasteiger partial charge in [0, 0.05) is 35.5 Å². The zero-order chi connectivity index (χ0) is 14.1. The minimum atomic E-state index is -0.532. The fourth-order valence-corrected chi connectivity index (χ4v) is 2.42. The normalized spacial score (nSPS) is 20.9. The summed E-state index contributed by atoms with van der Waals surface area (Å²) in [6.07, 6.45) is 1.62. The maximum atomic E-state index is 10.3. The summed E-state index contributed by atoms with van der Waals surface area (Å²) < 4.78 is 11.2. The number of hydrogen-bond acceptors (Lipinski definition) is 4. The molecular formula is C16H17NO3. The summed E-state index contributed by atoms with van der Waals surface area (Å²) in [4.78, 5) is 4.28. The number of aliphatic hydroxyl groups excluding tert-OH is 1. The van der Waals surface area contributed by atoms with Gasteiger partial charge in [-0.1, -0.05) is 6.07 Å². The third-order valence-corrected chi connectivity index (χ3v) is 3.59. The summed E-state index contributed by atoms with van der Waals surface area (Å²) in [5, 5.41) is 10.3. The maximum absolute atomic E-state index is 10.3. The number of benzene rings is 1. The minimum absolute atomic E-state index is 0.183. The van der Waals surface area contributed by atoms with Crippen molar-refractivity contribution >= 4 is 0 Å². The largest absolute Gasteiger partial charge is 0.497 e. The first-order valence-electron chi connectivity index (χ1n) is 6.62. The lowest BCUT2D eigenvalue weighted by Crippen LogP contribution is -2.19. The molecule has 1 N–H and O–H groups in total. The Bertz CT molecular complexity index is 610. The molecule has 2 heterocycles. The molecule has 1 aliphatic heterocycles. The first kappa shape index (κ1) is 12.9. The van der Waals surface area contributed by atoms with Gasteiger partial charge in [-0.3, -0.25) is 4.98 Å². The second kappa shape index (κ2) is 5.13. The second-order valence-corrected chi connectivity index (χ2v) is 4.99. The molecule has 0 fully saturated rings. The van der Waals surface area contributed by atoms with Gasteiger partial charge in [-0.25, -0.2) is 0 Å². The van der Waals surface area contributed by atoms with Gasteiger partial charge >= 0.3 is 0 Å². The van der Waals surface area contributed by atoms with Gasteiger partial charge in [-0.05, 0) is 25.1 Å². The fourth-order valence-electron chi connectivity index (χ4n) is 2.42. The Morgan fingerprint density at radius 1 is 1.30 bits per heavy atom. The molecule has 20 heavy (non-hydrogen) atoms. The van der Waals surface area contributed by atoms with Crippen molar-refractivity contribution in [2.45, 2.75) is 25.6 Å². The molecule has 2 unspecified atom stereocenters. The van der Waals surface area contributed by atoms with Crippen LogP contribution in [0.2, 0.25) is 0 Å². The third-order valence-electron chi connectivity index (χ3n) is 3.59. The van der Waals surface area contributed by atoms with Gasteiger partial charge in [0.1, 0.15) is 17.6 Å². The molecule has 1 aliphatic rings. The minimum Gasteiger partial charge on any atom is -0.497 e. The number of ether oxygens (including phenoxy) is 2. The molecule has 3 rings (SSSR count). The second-order valence-electron chi connectivity index (χ2n) is 4.99. The van der Waals surface area contributed by atoms with E-state index >= 15 is 0 Å². The van der Waals surface area contributed by atoms with E-state index in [1.807, 2.05) is 37.3 Å². The Morgan fingerprint density at radius 3 is 2.85 bits per heavy atom. The standard InChI is InChI=1S/C16H17NO3/c1-10-3-4-11(9-17-10)15-8-14(18)13-6-5-12(19-2)7-16(13)20-15/h3-7,9,14-15,18H,8H2,1-2H3. The van der Waals surface area contributed by atoms with E-state index in [9.17, 15) is 5.11 Å². The predicted octanol–water partition coefficient (Wildman–Crippen LogP) is 2.96. The SMILES string of the molecule is COc1ccc2c(c1)OC(c1ccc(C)nc1)CC2O. The maximum Gasteiger partial charge on any atom is 0.129 e. The predicted molar refractivity (Wildman–Crippen MR) is 74.9 cm³/mol. The lowest BCUT2D eigenvalue weighted by molar-refractivity contribution is 0.0653. The van der Waals surface area contributed by atoms with Crippen LogP contribution in [0.5, 0.6) is 11.5 Å². The summed E-state index contributed by atoms with van der Waals surface area (Å²) in [6.45, 7) is 1.94. The van der Waals surface area contributed by atoms with E-state index < -0.39 is 6.10 Å². The van der Waals surface area contributed by atoms with Crippen molar-refractivity contribution in [3.05, 3.63) is 53.3 Å². The van der Waals surface area contributed by atoms with Gasteiger partial charge in [-0.2, -0.15) is 0 Å². The molecule has 0 saturated carbocycles. The highest BCUT2D eigenvalue weighted by atomic mass is 16.5. The molecule has 4 nitrogen and oxygen atoms in total. The van der Waals surface area contributed by atoms with Gasteiger partial charge in [0.05, 0.1) is 13.2 Å². The van der Waals surface area contributed by atoms with Crippen molar-refractivity contribution in [3.8, 4) is 11.5 Å². The van der Waals surface area contributed by atoms with Crippen molar-refractivity contribution in [2.75, 3.05) is 7.11 Å². The van der Waals surface area contributed by atoms with Gasteiger partial charge < -0.3 is 14.6 Å². The molecule has 0 spiro atoms. The number of aryl methyl sites for hydroxylation is 1. The Kier molecular flexibility index (Phi) is 3.32. The summed E-state index contributed by atoms with van der Waals surface area (Å²) in [6, 6.07) is 9.44. The van der Waals surface area contributed by atoms with Crippen LogP contribution in [0.15, 0.2) is 36.5 Å². The summed E-state index contributed by atoms with van der Waals surface area (Å²) in [5.41, 5.74) is 2.75. The molecule has 1 aromatic heterocycles. The van der Waals surface area contributed by atoms with Crippen LogP contribution in [0.25, 0.3) is 0 Å². The zero-order valence-electron chi connectivity index (χ0n) is 11.5. The van der Waals surface area contributed by atoms with Crippen LogP contribution < -0.4 is 9.47 Å². The van der Waals surface area contributed by atoms with E-state index in [0.717, 1.165) is 22.6 Å². The molecule has 0 aliphatic carbocycles. The van der Waals surface area contributed by atoms with Crippen molar-refractivity contribution in [3.63, 3.8) is 0 Å². The van der Waals surface area contributed by atoms with E-state index in [-0.39, 0.29) is 6.10 Å². The van der Waals surface area contributed by atoms with Crippen LogP contribution in [0.4, 0.5) is 0 Å². The fraction of sp³-hybridized carbons (Fsp3) is 0.312. The Hall–Kier alpha value is -2.07. The van der Waals surface area contributed by atoms with Gasteiger partial charge in [0.2, 0.25) is 0 Å². The van der Waals surface area contributed by atoms with E-state index in [1.54, 1.807) is 13.3 Å². The Morgan fingerprint density at radius 2 is 2.15 bits per heavy atom. The van der Waals surface area contributed by atoms with E-state index in [2.05, 4.69) is 4.98 Å². The van der Waals surface area contributed by atoms with Crippen LogP contribution in [-0.4, -0.2) is 17.2 Å². The monoisotopic (exact) mass is 271 g/mol. The lowest BCUT2D eigenvalue weighted by Gasteiger charge is -2.30. The summed E-state index contributed by atoms with van der Waals surface area (Å²) in [5.74, 6) is 1.40. The first-order chi connectivity index (χ1) is 9.67. The van der Waals surface area contributed by atoms with Gasteiger partial charge in [0.25, 0.3) is 0 Å². The lowest BCUT2D eigenvalue weighted by atomic mass is 9.95. The number of aliphatic hydroxyl groups is 1. The molecule has 0 amide bonds. The topological polar surface area (TPSA) is 51.6 Å². The molecular weight excluding hydrogens is 254 g/mol. The highest BCUT2D eigenvalue weighted by Gasteiger charge is 2.28. The average molecular weight is 271 g/mol. The third kappa shape index (κ3) is 2.34. The molecule has 0 radical (unpaired) electrons. The Labute approximate surface area is 118 Å². The molecule has 4 heteroatoms. The average Bonchev–Trinajstić information content (AvgIpc) is 2.47. The Balaban J connectivity index is 1.92. The molecule has 0 saturated heterocycles. The molecule has 0 bridgehead atoms. The first-order valence-corrected chi connectivity index (χ1v) is 6.62. The number of methoxy groups -OCH3 is 1. The van der Waals surface area contributed by atoms with E-state index in [1.165, 1.54) is 0 Å². The number of hydrogen-bond donors (Lipinski definition) is 1. The van der Waals surface area contributed by atoms with Crippen LogP contribution in [0.3, 0.4) is 0 Å². The summed E-state index contributed by atoms with van der Waals surface area (Å²) >= 11 is 0. The highest BCUT2D eigenvalue weighted by molar-refractivity contribution is 5.44. The van der Waals surface area contributed by atoms with Crippen LogP contribution in [-0.2, 0) is 0 Å². The number of fused-ring (bicyclic) bond motifs is 1.